The van der Waals surface area contributed by atoms with E-state index in [9.17, 15) is 18.3 Å². The lowest BCUT2D eigenvalue weighted by Crippen LogP contribution is -2.35. The molecule has 1 amide bonds. The van der Waals surface area contributed by atoms with Crippen molar-refractivity contribution < 1.29 is 18.3 Å². The molecule has 0 saturated heterocycles. The van der Waals surface area contributed by atoms with Gasteiger partial charge in [0.15, 0.2) is 0 Å². The Kier molecular flexibility index (Phi) is 6.97. The van der Waals surface area contributed by atoms with E-state index in [2.05, 4.69) is 17.4 Å². The maximum atomic E-state index is 12.7. The SMILES string of the molecule is C=C(NNC(=O)c1ccc(CN(C)S(=O)(=O)c2ccc(C)cc2)cc1)c1ccc(O)cc1. The molecule has 0 unspecified atom stereocenters. The lowest BCUT2D eigenvalue weighted by Gasteiger charge is -2.17. The van der Waals surface area contributed by atoms with E-state index in [-0.39, 0.29) is 23.1 Å². The van der Waals surface area contributed by atoms with Gasteiger partial charge in [0.05, 0.1) is 10.6 Å². The molecule has 166 valence electrons. The molecule has 3 aromatic rings. The van der Waals surface area contributed by atoms with E-state index >= 15 is 0 Å². The first-order valence-electron chi connectivity index (χ1n) is 9.83. The average Bonchev–Trinajstić information content (AvgIpc) is 2.78. The molecule has 0 radical (unpaired) electrons. The number of hydrazine groups is 1. The number of hydrogen-bond donors (Lipinski definition) is 3. The highest BCUT2D eigenvalue weighted by atomic mass is 32.2. The summed E-state index contributed by atoms with van der Waals surface area (Å²) in [6.07, 6.45) is 0. The smallest absolute Gasteiger partial charge is 0.269 e. The molecule has 0 aliphatic rings. The molecule has 3 rings (SSSR count). The van der Waals surface area contributed by atoms with Crippen LogP contribution in [-0.2, 0) is 16.6 Å². The van der Waals surface area contributed by atoms with Gasteiger partial charge >= 0.3 is 0 Å². The van der Waals surface area contributed by atoms with Crippen LogP contribution in [0.3, 0.4) is 0 Å². The number of nitrogens with zero attached hydrogens (tertiary/aromatic N) is 1. The van der Waals surface area contributed by atoms with E-state index < -0.39 is 10.0 Å². The van der Waals surface area contributed by atoms with Gasteiger partial charge in [0.1, 0.15) is 5.75 Å². The second-order valence-electron chi connectivity index (χ2n) is 7.38. The quantitative estimate of drug-likeness (QED) is 0.456. The molecule has 0 fully saturated rings. The van der Waals surface area contributed by atoms with Crippen molar-refractivity contribution in [2.45, 2.75) is 18.4 Å². The summed E-state index contributed by atoms with van der Waals surface area (Å²) < 4.78 is 26.8. The Balaban J connectivity index is 1.59. The number of sulfonamides is 1. The minimum Gasteiger partial charge on any atom is -0.508 e. The number of phenols is 1. The van der Waals surface area contributed by atoms with Crippen LogP contribution in [0.4, 0.5) is 0 Å². The van der Waals surface area contributed by atoms with Crippen molar-refractivity contribution in [1.29, 1.82) is 0 Å². The molecule has 0 aliphatic carbocycles. The first-order valence-corrected chi connectivity index (χ1v) is 11.3. The number of aromatic hydroxyl groups is 1. The van der Waals surface area contributed by atoms with Gasteiger partial charge in [-0.2, -0.15) is 4.31 Å². The number of aryl methyl sites for hydroxylation is 1. The van der Waals surface area contributed by atoms with Crippen molar-refractivity contribution in [2.75, 3.05) is 7.05 Å². The zero-order valence-corrected chi connectivity index (χ0v) is 18.7. The van der Waals surface area contributed by atoms with Gasteiger partial charge in [0.25, 0.3) is 5.91 Å². The molecule has 0 heterocycles. The lowest BCUT2D eigenvalue weighted by atomic mass is 10.1. The maximum Gasteiger partial charge on any atom is 0.269 e. The number of benzene rings is 3. The first kappa shape index (κ1) is 23.1. The predicted octanol–water partition coefficient (Wildman–Crippen LogP) is 3.43. The van der Waals surface area contributed by atoms with Crippen LogP contribution >= 0.6 is 0 Å². The largest absolute Gasteiger partial charge is 0.508 e. The molecule has 0 spiro atoms. The minimum atomic E-state index is -3.61. The maximum absolute atomic E-state index is 12.7. The standard InChI is InChI=1S/C24H25N3O4S/c1-17-4-14-23(15-5-17)32(30,31)27(3)16-19-6-8-21(9-7-19)24(29)26-25-18(2)20-10-12-22(28)13-11-20/h4-15,25,28H,2,16H2,1,3H3,(H,26,29). The molecule has 7 nitrogen and oxygen atoms in total. The molecule has 0 saturated carbocycles. The minimum absolute atomic E-state index is 0.142. The molecular formula is C24H25N3O4S. The van der Waals surface area contributed by atoms with Crippen LogP contribution in [0.5, 0.6) is 5.75 Å². The highest BCUT2D eigenvalue weighted by molar-refractivity contribution is 7.89. The van der Waals surface area contributed by atoms with Gasteiger partial charge in [0, 0.05) is 19.2 Å². The topological polar surface area (TPSA) is 98.7 Å². The molecule has 0 aromatic heterocycles. The zero-order chi connectivity index (χ0) is 23.3. The van der Waals surface area contributed by atoms with Gasteiger partial charge in [-0.05, 0) is 66.6 Å². The van der Waals surface area contributed by atoms with Gasteiger partial charge in [0.2, 0.25) is 10.0 Å². The molecule has 32 heavy (non-hydrogen) atoms. The van der Waals surface area contributed by atoms with Gasteiger partial charge in [-0.25, -0.2) is 8.42 Å². The van der Waals surface area contributed by atoms with Crippen LogP contribution in [0, 0.1) is 6.92 Å². The second-order valence-corrected chi connectivity index (χ2v) is 9.42. The molecule has 0 bridgehead atoms. The van der Waals surface area contributed by atoms with Crippen LogP contribution in [0.15, 0.2) is 84.3 Å². The van der Waals surface area contributed by atoms with Crippen molar-refractivity contribution >= 4 is 21.6 Å². The highest BCUT2D eigenvalue weighted by Crippen LogP contribution is 2.18. The van der Waals surface area contributed by atoms with Crippen molar-refractivity contribution in [3.63, 3.8) is 0 Å². The molecular weight excluding hydrogens is 426 g/mol. The predicted molar refractivity (Wildman–Crippen MR) is 124 cm³/mol. The van der Waals surface area contributed by atoms with Crippen molar-refractivity contribution in [1.82, 2.24) is 15.2 Å². The number of phenolic OH excluding ortho intramolecular Hbond substituents is 1. The Morgan fingerprint density at radius 2 is 1.47 bits per heavy atom. The fraction of sp³-hybridized carbons (Fsp3) is 0.125. The number of hydrogen-bond acceptors (Lipinski definition) is 5. The molecule has 8 heteroatoms. The summed E-state index contributed by atoms with van der Waals surface area (Å²) in [6.45, 7) is 5.92. The fourth-order valence-electron chi connectivity index (χ4n) is 2.93. The van der Waals surface area contributed by atoms with Crippen LogP contribution < -0.4 is 10.9 Å². The number of carbonyl (C=O) groups excluding carboxylic acids is 1. The first-order chi connectivity index (χ1) is 15.2. The number of amides is 1. The van der Waals surface area contributed by atoms with E-state index in [1.54, 1.807) is 60.7 Å². The van der Waals surface area contributed by atoms with E-state index in [1.165, 1.54) is 23.5 Å². The Morgan fingerprint density at radius 3 is 2.06 bits per heavy atom. The van der Waals surface area contributed by atoms with Crippen LogP contribution in [0.1, 0.15) is 27.0 Å². The lowest BCUT2D eigenvalue weighted by molar-refractivity contribution is 0.0942. The van der Waals surface area contributed by atoms with Crippen LogP contribution in [0.25, 0.3) is 5.70 Å². The third-order valence-corrected chi connectivity index (χ3v) is 6.71. The second kappa shape index (κ2) is 9.67. The van der Waals surface area contributed by atoms with E-state index in [0.717, 1.165) is 16.7 Å². The summed E-state index contributed by atoms with van der Waals surface area (Å²) in [6, 6.07) is 19.8. The normalized spacial score (nSPS) is 11.2. The van der Waals surface area contributed by atoms with Gasteiger partial charge < -0.3 is 5.11 Å². The summed E-state index contributed by atoms with van der Waals surface area (Å²) in [4.78, 5) is 12.6. The Morgan fingerprint density at radius 1 is 0.906 bits per heavy atom. The average molecular weight is 452 g/mol. The third kappa shape index (κ3) is 5.54. The van der Waals surface area contributed by atoms with Crippen molar-refractivity contribution in [3.05, 3.63) is 102 Å². The number of rotatable bonds is 8. The third-order valence-electron chi connectivity index (χ3n) is 4.89. The van der Waals surface area contributed by atoms with Crippen LogP contribution in [-0.4, -0.2) is 30.8 Å². The van der Waals surface area contributed by atoms with Gasteiger partial charge in [-0.1, -0.05) is 36.4 Å². The van der Waals surface area contributed by atoms with Crippen LogP contribution in [0.2, 0.25) is 0 Å². The van der Waals surface area contributed by atoms with Gasteiger partial charge in [-0.15, -0.1) is 0 Å². The van der Waals surface area contributed by atoms with E-state index in [1.807, 2.05) is 6.92 Å². The highest BCUT2D eigenvalue weighted by Gasteiger charge is 2.20. The monoisotopic (exact) mass is 451 g/mol. The molecule has 3 aromatic carbocycles. The molecule has 3 N–H and O–H groups in total. The summed E-state index contributed by atoms with van der Waals surface area (Å²) in [5.74, 6) is -0.222. The zero-order valence-electron chi connectivity index (χ0n) is 17.9. The van der Waals surface area contributed by atoms with E-state index in [0.29, 0.717) is 11.3 Å². The molecule has 0 atom stereocenters. The van der Waals surface area contributed by atoms with Crippen molar-refractivity contribution in [2.24, 2.45) is 0 Å². The Labute approximate surface area is 188 Å². The van der Waals surface area contributed by atoms with E-state index in [4.69, 9.17) is 0 Å². The Hall–Kier alpha value is -3.62. The summed E-state index contributed by atoms with van der Waals surface area (Å²) >= 11 is 0. The number of nitrogens with one attached hydrogen (secondary N) is 2. The summed E-state index contributed by atoms with van der Waals surface area (Å²) in [7, 11) is -2.09. The summed E-state index contributed by atoms with van der Waals surface area (Å²) in [5.41, 5.74) is 8.64. The van der Waals surface area contributed by atoms with Crippen molar-refractivity contribution in [3.8, 4) is 5.75 Å². The number of carbonyl (C=O) groups is 1. The molecule has 0 aliphatic heterocycles. The van der Waals surface area contributed by atoms with Gasteiger partial charge in [-0.3, -0.25) is 15.6 Å². The summed E-state index contributed by atoms with van der Waals surface area (Å²) in [5, 5.41) is 9.34. The Bertz CT molecular complexity index is 1200. The fourth-order valence-corrected chi connectivity index (χ4v) is 4.09.